The molecule has 0 amide bonds. The van der Waals surface area contributed by atoms with Gasteiger partial charge in [0.15, 0.2) is 0 Å². The Morgan fingerprint density at radius 1 is 1.43 bits per heavy atom. The van der Waals surface area contributed by atoms with Crippen molar-refractivity contribution in [2.24, 2.45) is 5.73 Å². The maximum atomic E-state index is 6.03. The molecule has 1 heterocycles. The van der Waals surface area contributed by atoms with Crippen molar-refractivity contribution in [3.05, 3.63) is 29.4 Å². The number of fused-ring (bicyclic) bond motifs is 1. The Morgan fingerprint density at radius 2 is 2.29 bits per heavy atom. The second kappa shape index (κ2) is 3.98. The van der Waals surface area contributed by atoms with Crippen LogP contribution in [0.1, 0.15) is 6.42 Å². The number of aromatic nitrogens is 2. The van der Waals surface area contributed by atoms with Crippen molar-refractivity contribution < 1.29 is 0 Å². The number of benzene rings is 1. The average molecular weight is 210 g/mol. The minimum absolute atomic E-state index is 0.682. The quantitative estimate of drug-likeness (QED) is 0.841. The van der Waals surface area contributed by atoms with Crippen LogP contribution < -0.4 is 5.73 Å². The molecule has 0 spiro atoms. The summed E-state index contributed by atoms with van der Waals surface area (Å²) in [6, 6.07) is 5.83. The topological polar surface area (TPSA) is 43.8 Å². The van der Waals surface area contributed by atoms with E-state index in [1.807, 2.05) is 22.9 Å². The van der Waals surface area contributed by atoms with Gasteiger partial charge < -0.3 is 5.73 Å². The average Bonchev–Trinajstić information content (AvgIpc) is 2.60. The van der Waals surface area contributed by atoms with Gasteiger partial charge in [-0.2, -0.15) is 5.10 Å². The molecule has 0 fully saturated rings. The van der Waals surface area contributed by atoms with E-state index in [0.717, 1.165) is 28.9 Å². The van der Waals surface area contributed by atoms with Gasteiger partial charge in [-0.1, -0.05) is 17.7 Å². The molecule has 2 N–H and O–H groups in total. The van der Waals surface area contributed by atoms with Gasteiger partial charge in [-0.15, -0.1) is 0 Å². The maximum absolute atomic E-state index is 6.03. The molecule has 3 nitrogen and oxygen atoms in total. The predicted octanol–water partition coefficient (Wildman–Crippen LogP) is 2.04. The minimum atomic E-state index is 0.682. The van der Waals surface area contributed by atoms with E-state index in [1.165, 1.54) is 0 Å². The number of hydrogen-bond acceptors (Lipinski definition) is 2. The highest BCUT2D eigenvalue weighted by molar-refractivity contribution is 6.35. The van der Waals surface area contributed by atoms with E-state index in [0.29, 0.717) is 6.54 Å². The van der Waals surface area contributed by atoms with Crippen LogP contribution in [0.15, 0.2) is 24.4 Å². The van der Waals surface area contributed by atoms with E-state index in [9.17, 15) is 0 Å². The lowest BCUT2D eigenvalue weighted by Crippen LogP contribution is -2.06. The van der Waals surface area contributed by atoms with Crippen molar-refractivity contribution in [2.75, 3.05) is 6.54 Å². The Labute approximate surface area is 87.5 Å². The van der Waals surface area contributed by atoms with E-state index >= 15 is 0 Å². The lowest BCUT2D eigenvalue weighted by molar-refractivity contribution is 0.602. The molecule has 0 bridgehead atoms. The van der Waals surface area contributed by atoms with Gasteiger partial charge in [0.1, 0.15) is 0 Å². The fraction of sp³-hybridized carbons (Fsp3) is 0.300. The Morgan fingerprint density at radius 3 is 3.07 bits per heavy atom. The van der Waals surface area contributed by atoms with Crippen molar-refractivity contribution in [3.8, 4) is 0 Å². The zero-order valence-electron chi connectivity index (χ0n) is 7.78. The summed E-state index contributed by atoms with van der Waals surface area (Å²) in [4.78, 5) is 0. The van der Waals surface area contributed by atoms with Crippen LogP contribution in [0.4, 0.5) is 0 Å². The SMILES string of the molecule is NCCCn1ncc2c(Cl)cccc21. The monoisotopic (exact) mass is 209 g/mol. The summed E-state index contributed by atoms with van der Waals surface area (Å²) in [5.41, 5.74) is 6.53. The number of nitrogens with two attached hydrogens (primary N) is 1. The molecule has 0 aliphatic rings. The van der Waals surface area contributed by atoms with Gasteiger partial charge in [0, 0.05) is 11.9 Å². The molecular weight excluding hydrogens is 198 g/mol. The number of halogens is 1. The molecule has 0 atom stereocenters. The lowest BCUT2D eigenvalue weighted by Gasteiger charge is -2.01. The van der Waals surface area contributed by atoms with Crippen LogP contribution in [0.2, 0.25) is 5.02 Å². The molecule has 2 aromatic rings. The van der Waals surface area contributed by atoms with Crippen LogP contribution in [-0.4, -0.2) is 16.3 Å². The molecule has 0 aliphatic heterocycles. The first-order chi connectivity index (χ1) is 6.83. The third-order valence-corrected chi connectivity index (χ3v) is 2.54. The van der Waals surface area contributed by atoms with Crippen molar-refractivity contribution >= 4 is 22.5 Å². The lowest BCUT2D eigenvalue weighted by atomic mass is 10.2. The van der Waals surface area contributed by atoms with E-state index in [1.54, 1.807) is 6.20 Å². The van der Waals surface area contributed by atoms with Crippen molar-refractivity contribution in [2.45, 2.75) is 13.0 Å². The van der Waals surface area contributed by atoms with Crippen molar-refractivity contribution in [1.29, 1.82) is 0 Å². The van der Waals surface area contributed by atoms with Crippen LogP contribution >= 0.6 is 11.6 Å². The molecular formula is C10H12ClN3. The van der Waals surface area contributed by atoms with Crippen LogP contribution in [0.25, 0.3) is 10.9 Å². The molecule has 0 unspecified atom stereocenters. The van der Waals surface area contributed by atoms with Crippen LogP contribution in [0.3, 0.4) is 0 Å². The molecule has 1 aromatic carbocycles. The molecule has 0 radical (unpaired) electrons. The second-order valence-corrected chi connectivity index (χ2v) is 3.59. The third kappa shape index (κ3) is 1.61. The predicted molar refractivity (Wildman–Crippen MR) is 58.4 cm³/mol. The smallest absolute Gasteiger partial charge is 0.0697 e. The fourth-order valence-corrected chi connectivity index (χ4v) is 1.71. The Balaban J connectivity index is 2.42. The maximum Gasteiger partial charge on any atom is 0.0697 e. The summed E-state index contributed by atoms with van der Waals surface area (Å²) in [5.74, 6) is 0. The normalized spacial score (nSPS) is 11.0. The summed E-state index contributed by atoms with van der Waals surface area (Å²) >= 11 is 6.03. The summed E-state index contributed by atoms with van der Waals surface area (Å²) < 4.78 is 1.94. The largest absolute Gasteiger partial charge is 0.330 e. The van der Waals surface area contributed by atoms with Crippen molar-refractivity contribution in [1.82, 2.24) is 9.78 Å². The van der Waals surface area contributed by atoms with Crippen LogP contribution in [0, 0.1) is 0 Å². The van der Waals surface area contributed by atoms with Gasteiger partial charge in [0.25, 0.3) is 0 Å². The van der Waals surface area contributed by atoms with Crippen LogP contribution in [0.5, 0.6) is 0 Å². The highest BCUT2D eigenvalue weighted by Gasteiger charge is 2.04. The molecule has 1 aromatic heterocycles. The van der Waals surface area contributed by atoms with Gasteiger partial charge in [0.05, 0.1) is 16.7 Å². The van der Waals surface area contributed by atoms with Gasteiger partial charge in [-0.3, -0.25) is 4.68 Å². The Hall–Kier alpha value is -1.06. The summed E-state index contributed by atoms with van der Waals surface area (Å²) in [7, 11) is 0. The minimum Gasteiger partial charge on any atom is -0.330 e. The van der Waals surface area contributed by atoms with E-state index in [2.05, 4.69) is 5.10 Å². The number of nitrogens with zero attached hydrogens (tertiary/aromatic N) is 2. The summed E-state index contributed by atoms with van der Waals surface area (Å²) in [6.45, 7) is 1.53. The Bertz CT molecular complexity index is 436. The Kier molecular flexibility index (Phi) is 2.70. The molecule has 0 aliphatic carbocycles. The van der Waals surface area contributed by atoms with E-state index in [-0.39, 0.29) is 0 Å². The second-order valence-electron chi connectivity index (χ2n) is 3.18. The van der Waals surface area contributed by atoms with Gasteiger partial charge in [0.2, 0.25) is 0 Å². The van der Waals surface area contributed by atoms with Crippen molar-refractivity contribution in [3.63, 3.8) is 0 Å². The first-order valence-corrected chi connectivity index (χ1v) is 5.01. The highest BCUT2D eigenvalue weighted by Crippen LogP contribution is 2.22. The highest BCUT2D eigenvalue weighted by atomic mass is 35.5. The fourth-order valence-electron chi connectivity index (χ4n) is 1.49. The number of aryl methyl sites for hydroxylation is 1. The standard InChI is InChI=1S/C10H12ClN3/c11-9-3-1-4-10-8(9)7-13-14(10)6-2-5-12/h1,3-4,7H,2,5-6,12H2. The third-order valence-electron chi connectivity index (χ3n) is 2.21. The number of rotatable bonds is 3. The van der Waals surface area contributed by atoms with Crippen LogP contribution in [-0.2, 0) is 6.54 Å². The van der Waals surface area contributed by atoms with Gasteiger partial charge in [-0.05, 0) is 25.1 Å². The van der Waals surface area contributed by atoms with E-state index < -0.39 is 0 Å². The zero-order valence-corrected chi connectivity index (χ0v) is 8.54. The first-order valence-electron chi connectivity index (χ1n) is 4.63. The molecule has 4 heteroatoms. The zero-order chi connectivity index (χ0) is 9.97. The summed E-state index contributed by atoms with van der Waals surface area (Å²) in [5, 5.41) is 6.03. The van der Waals surface area contributed by atoms with E-state index in [4.69, 9.17) is 17.3 Å². The molecule has 2 rings (SSSR count). The van der Waals surface area contributed by atoms with Gasteiger partial charge in [-0.25, -0.2) is 0 Å². The van der Waals surface area contributed by atoms with Gasteiger partial charge >= 0.3 is 0 Å². The molecule has 0 saturated carbocycles. The molecule has 0 saturated heterocycles. The molecule has 74 valence electrons. The molecule has 14 heavy (non-hydrogen) atoms. The number of hydrogen-bond donors (Lipinski definition) is 1. The first kappa shape index (κ1) is 9.49. The summed E-state index contributed by atoms with van der Waals surface area (Å²) in [6.07, 6.45) is 2.73.